The van der Waals surface area contributed by atoms with E-state index in [0.29, 0.717) is 10.7 Å². The molecule has 5 heteroatoms. The Balaban J connectivity index is 1.89. The molecule has 0 unspecified atom stereocenters. The molecule has 22 heavy (non-hydrogen) atoms. The Labute approximate surface area is 133 Å². The van der Waals surface area contributed by atoms with Gasteiger partial charge in [-0.25, -0.2) is 4.98 Å². The van der Waals surface area contributed by atoms with Crippen LogP contribution in [0, 0.1) is 0 Å². The molecule has 0 atom stereocenters. The Bertz CT molecular complexity index is 839. The van der Waals surface area contributed by atoms with Crippen LogP contribution in [-0.2, 0) is 12.5 Å². The summed E-state index contributed by atoms with van der Waals surface area (Å²) in [5, 5.41) is 6.51. The number of aromatic nitrogens is 2. The fourth-order valence-electron chi connectivity index (χ4n) is 2.36. The zero-order valence-electron chi connectivity index (χ0n) is 13.2. The van der Waals surface area contributed by atoms with E-state index >= 15 is 0 Å². The molecular formula is C17H19N3OS. The highest BCUT2D eigenvalue weighted by Crippen LogP contribution is 2.27. The second-order valence-corrected chi connectivity index (χ2v) is 7.27. The summed E-state index contributed by atoms with van der Waals surface area (Å²) in [5.74, 6) is -0.119. The van der Waals surface area contributed by atoms with Crippen LogP contribution < -0.4 is 5.32 Å². The van der Waals surface area contributed by atoms with Gasteiger partial charge in [0.25, 0.3) is 5.91 Å². The number of nitrogens with zero attached hydrogens (tertiary/aromatic N) is 2. The number of hydrogen-bond acceptors (Lipinski definition) is 3. The first-order valence-corrected chi connectivity index (χ1v) is 8.05. The van der Waals surface area contributed by atoms with Gasteiger partial charge in [0.1, 0.15) is 0 Å². The smallest absolute Gasteiger partial charge is 0.259 e. The van der Waals surface area contributed by atoms with Crippen LogP contribution in [0.3, 0.4) is 0 Å². The van der Waals surface area contributed by atoms with Crippen molar-refractivity contribution in [2.45, 2.75) is 26.2 Å². The number of rotatable bonds is 2. The quantitative estimate of drug-likeness (QED) is 0.771. The van der Waals surface area contributed by atoms with Gasteiger partial charge in [0.15, 0.2) is 5.13 Å². The van der Waals surface area contributed by atoms with E-state index in [-0.39, 0.29) is 11.3 Å². The normalized spacial score (nSPS) is 11.8. The highest BCUT2D eigenvalue weighted by molar-refractivity contribution is 7.14. The van der Waals surface area contributed by atoms with Crippen LogP contribution in [0.15, 0.2) is 35.8 Å². The highest BCUT2D eigenvalue weighted by Gasteiger charge is 2.19. The summed E-state index contributed by atoms with van der Waals surface area (Å²) in [6, 6.07) is 7.89. The van der Waals surface area contributed by atoms with Gasteiger partial charge in [0.05, 0.1) is 11.3 Å². The molecule has 3 rings (SSSR count). The largest absolute Gasteiger partial charge is 0.350 e. The molecule has 1 N–H and O–H groups in total. The standard InChI is InChI=1S/C17H19N3OS/c1-17(2,3)14-10-22-16(18-14)19-15(21)12-9-20(4)13-8-6-5-7-11(12)13/h5-10H,1-4H3,(H,18,19,21). The second-order valence-electron chi connectivity index (χ2n) is 6.41. The van der Waals surface area contributed by atoms with E-state index in [1.165, 1.54) is 11.3 Å². The number of aryl methyl sites for hydroxylation is 1. The van der Waals surface area contributed by atoms with Gasteiger partial charge < -0.3 is 4.57 Å². The van der Waals surface area contributed by atoms with Gasteiger partial charge >= 0.3 is 0 Å². The summed E-state index contributed by atoms with van der Waals surface area (Å²) >= 11 is 1.46. The topological polar surface area (TPSA) is 46.9 Å². The van der Waals surface area contributed by atoms with E-state index in [1.54, 1.807) is 0 Å². The molecule has 1 aromatic carbocycles. The Hall–Kier alpha value is -2.14. The van der Waals surface area contributed by atoms with Crippen LogP contribution in [0.2, 0.25) is 0 Å². The van der Waals surface area contributed by atoms with Crippen LogP contribution in [0.5, 0.6) is 0 Å². The number of amides is 1. The Morgan fingerprint density at radius 3 is 2.68 bits per heavy atom. The molecular weight excluding hydrogens is 294 g/mol. The molecule has 3 aromatic rings. The van der Waals surface area contributed by atoms with Crippen molar-refractivity contribution >= 4 is 33.3 Å². The van der Waals surface area contributed by atoms with E-state index < -0.39 is 0 Å². The van der Waals surface area contributed by atoms with Crippen molar-refractivity contribution in [3.8, 4) is 0 Å². The van der Waals surface area contributed by atoms with Gasteiger partial charge in [-0.15, -0.1) is 11.3 Å². The third-order valence-corrected chi connectivity index (χ3v) is 4.39. The lowest BCUT2D eigenvalue weighted by Gasteiger charge is -2.14. The molecule has 0 aliphatic carbocycles. The number of hydrogen-bond donors (Lipinski definition) is 1. The summed E-state index contributed by atoms with van der Waals surface area (Å²) in [7, 11) is 1.94. The van der Waals surface area contributed by atoms with Crippen molar-refractivity contribution in [2.24, 2.45) is 7.05 Å². The van der Waals surface area contributed by atoms with Crippen molar-refractivity contribution in [3.05, 3.63) is 47.1 Å². The molecule has 114 valence electrons. The molecule has 0 fully saturated rings. The molecule has 0 aliphatic heterocycles. The number of anilines is 1. The number of carbonyl (C=O) groups excluding carboxylic acids is 1. The molecule has 1 amide bonds. The highest BCUT2D eigenvalue weighted by atomic mass is 32.1. The van der Waals surface area contributed by atoms with Crippen molar-refractivity contribution in [3.63, 3.8) is 0 Å². The first kappa shape index (κ1) is 14.8. The SMILES string of the molecule is Cn1cc(C(=O)Nc2nc(C(C)(C)C)cs2)c2ccccc21. The zero-order chi connectivity index (χ0) is 15.9. The lowest BCUT2D eigenvalue weighted by Crippen LogP contribution is -2.14. The Morgan fingerprint density at radius 1 is 1.27 bits per heavy atom. The maximum Gasteiger partial charge on any atom is 0.259 e. The number of thiazole rings is 1. The molecule has 0 radical (unpaired) electrons. The van der Waals surface area contributed by atoms with Crippen LogP contribution in [-0.4, -0.2) is 15.5 Å². The van der Waals surface area contributed by atoms with Gasteiger partial charge in [-0.3, -0.25) is 10.1 Å². The molecule has 0 aliphatic rings. The number of fused-ring (bicyclic) bond motifs is 1. The Morgan fingerprint density at radius 2 is 2.00 bits per heavy atom. The molecule has 0 bridgehead atoms. The molecule has 0 spiro atoms. The van der Waals surface area contributed by atoms with E-state index in [0.717, 1.165) is 16.6 Å². The van der Waals surface area contributed by atoms with Crippen molar-refractivity contribution in [1.29, 1.82) is 0 Å². The predicted molar refractivity (Wildman–Crippen MR) is 91.7 cm³/mol. The maximum atomic E-state index is 12.5. The van der Waals surface area contributed by atoms with Gasteiger partial charge in [0.2, 0.25) is 0 Å². The summed E-state index contributed by atoms with van der Waals surface area (Å²) in [6.45, 7) is 6.33. The predicted octanol–water partition coefficient (Wildman–Crippen LogP) is 4.18. The average molecular weight is 313 g/mol. The maximum absolute atomic E-state index is 12.5. The lowest BCUT2D eigenvalue weighted by molar-refractivity contribution is 0.102. The second kappa shape index (κ2) is 5.25. The van der Waals surface area contributed by atoms with Gasteiger partial charge in [-0.1, -0.05) is 39.0 Å². The number of benzene rings is 1. The van der Waals surface area contributed by atoms with E-state index in [4.69, 9.17) is 0 Å². The fraction of sp³-hybridized carbons (Fsp3) is 0.294. The van der Waals surface area contributed by atoms with E-state index in [1.807, 2.05) is 47.5 Å². The number of nitrogens with one attached hydrogen (secondary N) is 1. The van der Waals surface area contributed by atoms with Crippen molar-refractivity contribution in [2.75, 3.05) is 5.32 Å². The third-order valence-electron chi connectivity index (χ3n) is 3.63. The monoisotopic (exact) mass is 313 g/mol. The summed E-state index contributed by atoms with van der Waals surface area (Å²) < 4.78 is 1.96. The summed E-state index contributed by atoms with van der Waals surface area (Å²) in [5.41, 5.74) is 2.69. The first-order valence-electron chi connectivity index (χ1n) is 7.17. The summed E-state index contributed by atoms with van der Waals surface area (Å²) in [4.78, 5) is 17.1. The van der Waals surface area contributed by atoms with Crippen molar-refractivity contribution in [1.82, 2.24) is 9.55 Å². The van der Waals surface area contributed by atoms with Crippen molar-refractivity contribution < 1.29 is 4.79 Å². The zero-order valence-corrected chi connectivity index (χ0v) is 14.0. The fourth-order valence-corrected chi connectivity index (χ4v) is 3.29. The first-order chi connectivity index (χ1) is 10.4. The minimum absolute atomic E-state index is 0.0150. The molecule has 0 saturated heterocycles. The molecule has 2 aromatic heterocycles. The van der Waals surface area contributed by atoms with Gasteiger partial charge in [-0.05, 0) is 6.07 Å². The minimum atomic E-state index is -0.119. The molecule has 0 saturated carbocycles. The third kappa shape index (κ3) is 2.64. The summed E-state index contributed by atoms with van der Waals surface area (Å²) in [6.07, 6.45) is 1.86. The van der Waals surface area contributed by atoms with Crippen LogP contribution in [0.4, 0.5) is 5.13 Å². The van der Waals surface area contributed by atoms with E-state index in [2.05, 4.69) is 31.1 Å². The van der Waals surface area contributed by atoms with Crippen LogP contribution in [0.25, 0.3) is 10.9 Å². The number of para-hydroxylation sites is 1. The van der Waals surface area contributed by atoms with Gasteiger partial charge in [0, 0.05) is 34.9 Å². The number of carbonyl (C=O) groups is 1. The minimum Gasteiger partial charge on any atom is -0.350 e. The average Bonchev–Trinajstić information content (AvgIpc) is 3.04. The molecule has 4 nitrogen and oxygen atoms in total. The van der Waals surface area contributed by atoms with Crippen LogP contribution in [0.1, 0.15) is 36.8 Å². The van der Waals surface area contributed by atoms with E-state index in [9.17, 15) is 4.79 Å². The van der Waals surface area contributed by atoms with Gasteiger partial charge in [-0.2, -0.15) is 0 Å². The Kier molecular flexibility index (Phi) is 3.53. The lowest BCUT2D eigenvalue weighted by atomic mass is 9.93. The van der Waals surface area contributed by atoms with Crippen LogP contribution >= 0.6 is 11.3 Å². The molecule has 2 heterocycles.